The highest BCUT2D eigenvalue weighted by Gasteiger charge is 2.50. The number of hydrogen-bond acceptors (Lipinski definition) is 10. The molecule has 0 fully saturated rings. The number of ketones is 4. The molecule has 10 heteroatoms. The minimum atomic E-state index is -1.17. The average Bonchev–Trinajstić information content (AvgIpc) is 3.71. The van der Waals surface area contributed by atoms with Crippen LogP contribution in [-0.4, -0.2) is 47.6 Å². The number of carbonyl (C=O) groups excluding carboxylic acids is 4. The molecule has 0 saturated heterocycles. The Balaban J connectivity index is 1.67. The van der Waals surface area contributed by atoms with Gasteiger partial charge in [0.25, 0.3) is 0 Å². The van der Waals surface area contributed by atoms with Gasteiger partial charge < -0.3 is 19.7 Å². The molecule has 10 nitrogen and oxygen atoms in total. The highest BCUT2D eigenvalue weighted by Crippen LogP contribution is 2.39. The Morgan fingerprint density at radius 3 is 1.20 bits per heavy atom. The summed E-state index contributed by atoms with van der Waals surface area (Å²) in [6.07, 6.45) is 0. The second kappa shape index (κ2) is 8.84. The molecule has 2 aromatic heterocycles. The second-order valence-corrected chi connectivity index (χ2v) is 13.0. The summed E-state index contributed by atoms with van der Waals surface area (Å²) < 4.78 is 12.4. The lowest BCUT2D eigenvalue weighted by Gasteiger charge is -2.29. The average molecular weight is 549 g/mol. The van der Waals surface area contributed by atoms with E-state index in [1.165, 1.54) is 0 Å². The Bertz CT molecular complexity index is 1390. The van der Waals surface area contributed by atoms with E-state index in [2.05, 4.69) is 21.1 Å². The van der Waals surface area contributed by atoms with Gasteiger partial charge in [0.05, 0.1) is 33.5 Å². The summed E-state index contributed by atoms with van der Waals surface area (Å²) in [7, 11) is 0. The van der Waals surface area contributed by atoms with Gasteiger partial charge in [0.1, 0.15) is 34.5 Å². The zero-order valence-electron chi connectivity index (χ0n) is 24.2. The number of furan rings is 2. The molecule has 0 radical (unpaired) electrons. The molecule has 5 heterocycles. The van der Waals surface area contributed by atoms with E-state index in [1.807, 2.05) is 0 Å². The number of nitrogens with zero attached hydrogens (tertiary/aromatic N) is 2. The van der Waals surface area contributed by atoms with E-state index in [-0.39, 0.29) is 47.6 Å². The molecule has 3 aliphatic heterocycles. The monoisotopic (exact) mass is 548 g/mol. The summed E-state index contributed by atoms with van der Waals surface area (Å²) in [5.41, 5.74) is 1.30. The molecule has 3 aliphatic rings. The van der Waals surface area contributed by atoms with Crippen LogP contribution in [0.15, 0.2) is 43.3 Å². The highest BCUT2D eigenvalue weighted by atomic mass is 16.3. The van der Waals surface area contributed by atoms with Crippen LogP contribution in [0.3, 0.4) is 0 Å². The van der Waals surface area contributed by atoms with Crippen molar-refractivity contribution in [1.82, 2.24) is 10.9 Å². The van der Waals surface area contributed by atoms with Crippen LogP contribution in [0, 0.1) is 11.8 Å². The van der Waals surface area contributed by atoms with Crippen LogP contribution in [0.1, 0.15) is 78.4 Å². The van der Waals surface area contributed by atoms with Crippen LogP contribution in [0.4, 0.5) is 0 Å². The maximum absolute atomic E-state index is 13.9. The second-order valence-electron chi connectivity index (χ2n) is 13.0. The first-order valence-corrected chi connectivity index (χ1v) is 13.5. The molecule has 4 bridgehead atoms. The van der Waals surface area contributed by atoms with Gasteiger partial charge in [-0.1, -0.05) is 0 Å². The predicted molar refractivity (Wildman–Crippen MR) is 147 cm³/mol. The molecule has 0 amide bonds. The van der Waals surface area contributed by atoms with E-state index in [0.29, 0.717) is 23.0 Å². The Hall–Kier alpha value is -3.82. The number of rotatable bonds is 0. The lowest BCUT2D eigenvalue weighted by atomic mass is 9.73. The molecule has 2 atom stereocenters. The quantitative estimate of drug-likeness (QED) is 0.511. The minimum absolute atomic E-state index is 0.123. The van der Waals surface area contributed by atoms with Crippen molar-refractivity contribution in [2.45, 2.75) is 77.0 Å². The normalized spacial score (nSPS) is 27.0. The van der Waals surface area contributed by atoms with Crippen LogP contribution in [-0.2, 0) is 40.8 Å². The lowest BCUT2D eigenvalue weighted by Crippen LogP contribution is -2.45. The summed E-state index contributed by atoms with van der Waals surface area (Å²) in [6.45, 7) is 14.1. The van der Waals surface area contributed by atoms with Crippen molar-refractivity contribution in [1.29, 1.82) is 0 Å². The smallest absolute Gasteiger partial charge is 0.192 e. The van der Waals surface area contributed by atoms with Gasteiger partial charge in [0, 0.05) is 13.1 Å². The third-order valence-corrected chi connectivity index (χ3v) is 8.79. The van der Waals surface area contributed by atoms with Crippen molar-refractivity contribution in [3.8, 4) is 0 Å². The van der Waals surface area contributed by atoms with E-state index in [4.69, 9.17) is 8.83 Å². The first-order chi connectivity index (χ1) is 18.5. The van der Waals surface area contributed by atoms with E-state index in [9.17, 15) is 19.2 Å². The Kier molecular flexibility index (Phi) is 6.13. The predicted octanol–water partition coefficient (Wildman–Crippen LogP) is 3.12. The number of hydrazone groups is 2. The fourth-order valence-corrected chi connectivity index (χ4v) is 5.64. The Labute approximate surface area is 233 Å². The van der Waals surface area contributed by atoms with E-state index >= 15 is 0 Å². The maximum Gasteiger partial charge on any atom is 0.192 e. The third-order valence-electron chi connectivity index (χ3n) is 8.79. The number of hydrogen-bond donors (Lipinski definition) is 2. The summed E-state index contributed by atoms with van der Waals surface area (Å²) in [5.74, 6) is -1.36. The van der Waals surface area contributed by atoms with E-state index in [1.54, 1.807) is 79.7 Å². The number of fused-ring (bicyclic) bond motifs is 6. The summed E-state index contributed by atoms with van der Waals surface area (Å²) in [5, 5.41) is 8.48. The molecule has 40 heavy (non-hydrogen) atoms. The van der Waals surface area contributed by atoms with Gasteiger partial charge in [0.2, 0.25) is 0 Å². The molecule has 5 rings (SSSR count). The number of carbonyl (C=O) groups is 4. The van der Waals surface area contributed by atoms with Crippen LogP contribution in [0.5, 0.6) is 0 Å². The molecular weight excluding hydrogens is 512 g/mol. The van der Waals surface area contributed by atoms with Crippen molar-refractivity contribution < 1.29 is 28.0 Å². The molecule has 2 aromatic rings. The topological polar surface area (TPSA) is 143 Å². The van der Waals surface area contributed by atoms with Crippen molar-refractivity contribution >= 4 is 34.6 Å². The standard InChI is InChI=1S/C30H36N4O6/c1-27(2)17-9-11-19(39-17)29(5,6)26(38)22-16(14-32-34-22)24(36)28(3,4)18-10-12-20(40-18)30(7,8)25(37)21-15(23(27)35)13-31-33-21/h9-12,15-16,31-32H,13-14H2,1-8H3/t15-,16-/m0/s1. The Morgan fingerprint density at radius 1 is 0.575 bits per heavy atom. The van der Waals surface area contributed by atoms with Gasteiger partial charge in [-0.05, 0) is 79.7 Å². The summed E-state index contributed by atoms with van der Waals surface area (Å²) >= 11 is 0. The largest absolute Gasteiger partial charge is 0.464 e. The maximum atomic E-state index is 13.9. The van der Waals surface area contributed by atoms with Crippen LogP contribution in [0.2, 0.25) is 0 Å². The van der Waals surface area contributed by atoms with Gasteiger partial charge in [-0.3, -0.25) is 19.2 Å². The van der Waals surface area contributed by atoms with Crippen LogP contribution < -0.4 is 10.9 Å². The van der Waals surface area contributed by atoms with Gasteiger partial charge in [0.15, 0.2) is 23.1 Å². The number of Topliss-reactive ketones (excluding diaryl/α,β-unsaturated/α-hetero) is 4. The van der Waals surface area contributed by atoms with E-state index in [0.717, 1.165) is 0 Å². The molecule has 0 spiro atoms. The van der Waals surface area contributed by atoms with Crippen molar-refractivity contribution in [2.75, 3.05) is 13.1 Å². The van der Waals surface area contributed by atoms with Crippen LogP contribution in [0.25, 0.3) is 0 Å². The molecular formula is C30H36N4O6. The zero-order valence-corrected chi connectivity index (χ0v) is 24.2. The fourth-order valence-electron chi connectivity index (χ4n) is 5.64. The van der Waals surface area contributed by atoms with Crippen LogP contribution >= 0.6 is 0 Å². The molecule has 0 aliphatic carbocycles. The first kappa shape index (κ1) is 27.7. The number of nitrogens with one attached hydrogen (secondary N) is 2. The van der Waals surface area contributed by atoms with Crippen molar-refractivity contribution in [3.63, 3.8) is 0 Å². The van der Waals surface area contributed by atoms with Gasteiger partial charge in [-0.15, -0.1) is 0 Å². The zero-order chi connectivity index (χ0) is 29.4. The van der Waals surface area contributed by atoms with Crippen molar-refractivity contribution in [2.24, 2.45) is 22.0 Å². The SMILES string of the molecule is CC1(C)C(=O)C2=NNC[C@@H]2C(=O)C(C)(C)c2ccc(o2)C(C)(C)C(=O)C2=NNC[C@@H]2C(=O)C(C)(C)c2ccc1o2. The molecule has 0 aromatic carbocycles. The van der Waals surface area contributed by atoms with Gasteiger partial charge >= 0.3 is 0 Å². The molecule has 0 saturated carbocycles. The van der Waals surface area contributed by atoms with Gasteiger partial charge in [-0.2, -0.15) is 10.2 Å². The minimum Gasteiger partial charge on any atom is -0.464 e. The first-order valence-electron chi connectivity index (χ1n) is 13.5. The van der Waals surface area contributed by atoms with Gasteiger partial charge in [-0.25, -0.2) is 0 Å². The summed E-state index contributed by atoms with van der Waals surface area (Å²) in [4.78, 5) is 55.7. The van der Waals surface area contributed by atoms with E-state index < -0.39 is 33.5 Å². The highest BCUT2D eigenvalue weighted by molar-refractivity contribution is 6.48. The fraction of sp³-hybridized carbons (Fsp3) is 0.533. The van der Waals surface area contributed by atoms with Crippen molar-refractivity contribution in [3.05, 3.63) is 47.3 Å². The molecule has 212 valence electrons. The molecule has 0 unspecified atom stereocenters. The third kappa shape index (κ3) is 3.90. The Morgan fingerprint density at radius 2 is 0.875 bits per heavy atom. The summed E-state index contributed by atoms with van der Waals surface area (Å²) in [6, 6.07) is 6.73. The molecule has 2 N–H and O–H groups in total. The lowest BCUT2D eigenvalue weighted by molar-refractivity contribution is -0.127.